The average molecular weight is 294 g/mol. The van der Waals surface area contributed by atoms with Crippen molar-refractivity contribution in [3.63, 3.8) is 0 Å². The van der Waals surface area contributed by atoms with Gasteiger partial charge in [0.1, 0.15) is 7.85 Å². The summed E-state index contributed by atoms with van der Waals surface area (Å²) in [4.78, 5) is 0. The molecule has 1 aromatic carbocycles. The van der Waals surface area contributed by atoms with Crippen molar-refractivity contribution in [1.82, 2.24) is 0 Å². The van der Waals surface area contributed by atoms with E-state index in [1.807, 2.05) is 18.2 Å². The Balaban J connectivity index is 0. The number of rotatable bonds is 0. The molecular formula is C8H9BY2. The molecule has 0 saturated heterocycles. The summed E-state index contributed by atoms with van der Waals surface area (Å²) >= 11 is 0. The Bertz CT molecular complexity index is 223. The zero-order chi connectivity index (χ0) is 6.85. The first-order valence-corrected chi connectivity index (χ1v) is 3.03. The van der Waals surface area contributed by atoms with E-state index in [9.17, 15) is 0 Å². The van der Waals surface area contributed by atoms with Crippen molar-refractivity contribution in [2.24, 2.45) is 0 Å². The zero-order valence-corrected chi connectivity index (χ0v) is 12.6. The van der Waals surface area contributed by atoms with Crippen molar-refractivity contribution in [3.05, 3.63) is 29.3 Å². The molecule has 50 valence electrons. The third-order valence-electron chi connectivity index (χ3n) is 1.53. The van der Waals surface area contributed by atoms with Crippen LogP contribution in [-0.4, -0.2) is 7.85 Å². The molecule has 0 atom stereocenters. The van der Waals surface area contributed by atoms with Gasteiger partial charge in [-0.1, -0.05) is 23.7 Å². The Kier molecular flexibility index (Phi) is 9.47. The Labute approximate surface area is 120 Å². The molecule has 0 saturated carbocycles. The fraction of sp³-hybridized carbons (Fsp3) is 0.250. The van der Waals surface area contributed by atoms with Gasteiger partial charge in [-0.25, -0.2) is 0 Å². The number of hydrogen-bond donors (Lipinski definition) is 0. The second kappa shape index (κ2) is 6.95. The van der Waals surface area contributed by atoms with E-state index >= 15 is 0 Å². The first kappa shape index (κ1) is 15.0. The van der Waals surface area contributed by atoms with Crippen LogP contribution < -0.4 is 5.46 Å². The normalized spacial score (nSPS) is 7.82. The van der Waals surface area contributed by atoms with Crippen molar-refractivity contribution < 1.29 is 65.4 Å². The molecule has 0 unspecified atom stereocenters. The minimum atomic E-state index is 0. The van der Waals surface area contributed by atoms with Crippen LogP contribution in [0.5, 0.6) is 0 Å². The molecule has 1 aromatic rings. The van der Waals surface area contributed by atoms with Gasteiger partial charge in [-0.15, -0.1) is 0 Å². The molecule has 1 rings (SSSR count). The molecule has 0 aromatic heterocycles. The topological polar surface area (TPSA) is 0 Å². The van der Waals surface area contributed by atoms with Gasteiger partial charge >= 0.3 is 0 Å². The van der Waals surface area contributed by atoms with E-state index in [2.05, 4.69) is 13.8 Å². The van der Waals surface area contributed by atoms with Crippen LogP contribution in [0.2, 0.25) is 0 Å². The quantitative estimate of drug-likeness (QED) is 0.628. The summed E-state index contributed by atoms with van der Waals surface area (Å²) in [5.74, 6) is 0. The molecule has 0 bridgehead atoms. The van der Waals surface area contributed by atoms with Crippen LogP contribution in [0, 0.1) is 13.8 Å². The SMILES string of the molecule is [B]c1ccc(C)c(C)c1.[Y].[Y]. The molecule has 0 spiro atoms. The van der Waals surface area contributed by atoms with Gasteiger partial charge < -0.3 is 0 Å². The summed E-state index contributed by atoms with van der Waals surface area (Å²) in [6.45, 7) is 4.14. The Morgan fingerprint density at radius 2 is 1.55 bits per heavy atom. The summed E-state index contributed by atoms with van der Waals surface area (Å²) < 4.78 is 0. The van der Waals surface area contributed by atoms with Crippen molar-refractivity contribution >= 4 is 13.3 Å². The third kappa shape index (κ3) is 4.93. The van der Waals surface area contributed by atoms with Crippen LogP contribution >= 0.6 is 0 Å². The average Bonchev–Trinajstić information content (AvgIpc) is 1.80. The molecule has 3 heteroatoms. The van der Waals surface area contributed by atoms with Gasteiger partial charge in [0.05, 0.1) is 0 Å². The van der Waals surface area contributed by atoms with Crippen LogP contribution in [0.25, 0.3) is 0 Å². The summed E-state index contributed by atoms with van der Waals surface area (Å²) in [5.41, 5.74) is 3.40. The zero-order valence-electron chi connectivity index (χ0n) is 6.96. The van der Waals surface area contributed by atoms with Crippen molar-refractivity contribution in [1.29, 1.82) is 0 Å². The van der Waals surface area contributed by atoms with Crippen LogP contribution in [0.4, 0.5) is 0 Å². The Morgan fingerprint density at radius 1 is 1.00 bits per heavy atom. The van der Waals surface area contributed by atoms with Gasteiger partial charge in [0.2, 0.25) is 0 Å². The predicted molar refractivity (Wildman–Crippen MR) is 41.3 cm³/mol. The molecule has 0 aliphatic carbocycles. The second-order valence-corrected chi connectivity index (χ2v) is 2.34. The maximum Gasteiger partial charge on any atom is 0.113 e. The van der Waals surface area contributed by atoms with E-state index in [4.69, 9.17) is 7.85 Å². The van der Waals surface area contributed by atoms with E-state index in [1.165, 1.54) is 11.1 Å². The molecule has 0 aliphatic heterocycles. The third-order valence-corrected chi connectivity index (χ3v) is 1.53. The van der Waals surface area contributed by atoms with Gasteiger partial charge in [-0.05, 0) is 25.0 Å². The fourth-order valence-corrected chi connectivity index (χ4v) is 0.765. The molecule has 0 fully saturated rings. The predicted octanol–water partition coefficient (Wildman–Crippen LogP) is 1.09. The van der Waals surface area contributed by atoms with E-state index < -0.39 is 0 Å². The maximum absolute atomic E-state index is 5.53. The van der Waals surface area contributed by atoms with Gasteiger partial charge in [-0.2, -0.15) is 0 Å². The fourth-order valence-electron chi connectivity index (χ4n) is 0.765. The largest absolute Gasteiger partial charge is 0.113 e. The summed E-state index contributed by atoms with van der Waals surface area (Å²) in [5, 5.41) is 0. The molecule has 4 radical (unpaired) electrons. The number of hydrogen-bond acceptors (Lipinski definition) is 0. The minimum absolute atomic E-state index is 0. The maximum atomic E-state index is 5.53. The van der Waals surface area contributed by atoms with E-state index in [0.717, 1.165) is 5.46 Å². The first-order chi connectivity index (χ1) is 4.20. The van der Waals surface area contributed by atoms with Crippen LogP contribution in [0.3, 0.4) is 0 Å². The molecule has 0 heterocycles. The van der Waals surface area contributed by atoms with Crippen LogP contribution in [-0.2, 0) is 65.4 Å². The van der Waals surface area contributed by atoms with Gasteiger partial charge in [0.25, 0.3) is 0 Å². The van der Waals surface area contributed by atoms with Gasteiger partial charge in [0.15, 0.2) is 0 Å². The smallest absolute Gasteiger partial charge is 0.0964 e. The van der Waals surface area contributed by atoms with E-state index in [-0.39, 0.29) is 65.4 Å². The Morgan fingerprint density at radius 3 is 1.91 bits per heavy atom. The summed E-state index contributed by atoms with van der Waals surface area (Å²) in [6, 6.07) is 5.93. The molecule has 0 N–H and O–H groups in total. The van der Waals surface area contributed by atoms with Crippen molar-refractivity contribution in [2.45, 2.75) is 13.8 Å². The summed E-state index contributed by atoms with van der Waals surface area (Å²) in [7, 11) is 5.53. The number of aryl methyl sites for hydroxylation is 2. The molecular weight excluding hydrogens is 285 g/mol. The monoisotopic (exact) mass is 294 g/mol. The second-order valence-electron chi connectivity index (χ2n) is 2.34. The van der Waals surface area contributed by atoms with Crippen LogP contribution in [0.1, 0.15) is 11.1 Å². The molecule has 0 nitrogen and oxygen atoms in total. The van der Waals surface area contributed by atoms with E-state index in [1.54, 1.807) is 0 Å². The van der Waals surface area contributed by atoms with Crippen LogP contribution in [0.15, 0.2) is 18.2 Å². The number of benzene rings is 1. The van der Waals surface area contributed by atoms with Crippen molar-refractivity contribution in [2.75, 3.05) is 0 Å². The van der Waals surface area contributed by atoms with E-state index in [0.29, 0.717) is 0 Å². The molecule has 0 aliphatic rings. The van der Waals surface area contributed by atoms with Gasteiger partial charge in [0, 0.05) is 65.4 Å². The van der Waals surface area contributed by atoms with Gasteiger partial charge in [-0.3, -0.25) is 0 Å². The minimum Gasteiger partial charge on any atom is -0.0964 e. The molecule has 0 amide bonds. The molecule has 11 heavy (non-hydrogen) atoms. The van der Waals surface area contributed by atoms with Crippen molar-refractivity contribution in [3.8, 4) is 0 Å². The Hall–Kier alpha value is 1.49. The first-order valence-electron chi connectivity index (χ1n) is 3.03. The standard InChI is InChI=1S/C8H9B.2Y/c1-6-3-4-8(9)5-7(6)2;;/h3-5H,1-2H3;;. The summed E-state index contributed by atoms with van der Waals surface area (Å²) in [6.07, 6.45) is 0.